The highest BCUT2D eigenvalue weighted by Crippen LogP contribution is 2.30. The Hall–Kier alpha value is -2.56. The van der Waals surface area contributed by atoms with E-state index in [-0.39, 0.29) is 22.6 Å². The third-order valence-corrected chi connectivity index (χ3v) is 2.91. The molecule has 0 heterocycles. The standard InChI is InChI=1S/C15H14FNO3/c1-19-12-7-6-9(16)8-10(12)15(18)14-11(17)4-3-5-13(14)20-2/h3-8H,17H2,1-2H3. The Morgan fingerprint density at radius 1 is 1.10 bits per heavy atom. The smallest absolute Gasteiger partial charge is 0.202 e. The number of carbonyl (C=O) groups is 1. The fraction of sp³-hybridized carbons (Fsp3) is 0.133. The molecule has 104 valence electrons. The number of hydrogen-bond acceptors (Lipinski definition) is 4. The van der Waals surface area contributed by atoms with Crippen LogP contribution in [0.5, 0.6) is 11.5 Å². The summed E-state index contributed by atoms with van der Waals surface area (Å²) >= 11 is 0. The molecule has 5 heteroatoms. The van der Waals surface area contributed by atoms with Gasteiger partial charge in [0, 0.05) is 5.69 Å². The van der Waals surface area contributed by atoms with Gasteiger partial charge in [0.05, 0.1) is 25.3 Å². The first-order chi connectivity index (χ1) is 9.58. The second-order valence-electron chi connectivity index (χ2n) is 4.10. The predicted molar refractivity (Wildman–Crippen MR) is 73.8 cm³/mol. The number of halogens is 1. The van der Waals surface area contributed by atoms with E-state index in [0.717, 1.165) is 6.07 Å². The molecule has 0 saturated carbocycles. The van der Waals surface area contributed by atoms with Gasteiger partial charge in [-0.25, -0.2) is 4.39 Å². The molecule has 20 heavy (non-hydrogen) atoms. The Balaban J connectivity index is 2.60. The van der Waals surface area contributed by atoms with Crippen LogP contribution in [0.3, 0.4) is 0 Å². The number of nitrogen functional groups attached to an aromatic ring is 1. The van der Waals surface area contributed by atoms with Crippen molar-refractivity contribution in [3.63, 3.8) is 0 Å². The Morgan fingerprint density at radius 3 is 2.45 bits per heavy atom. The van der Waals surface area contributed by atoms with Crippen LogP contribution in [-0.2, 0) is 0 Å². The van der Waals surface area contributed by atoms with Crippen molar-refractivity contribution in [1.82, 2.24) is 0 Å². The summed E-state index contributed by atoms with van der Waals surface area (Å²) in [7, 11) is 2.85. The minimum Gasteiger partial charge on any atom is -0.496 e. The molecular weight excluding hydrogens is 261 g/mol. The largest absolute Gasteiger partial charge is 0.496 e. The normalized spacial score (nSPS) is 10.2. The first-order valence-corrected chi connectivity index (χ1v) is 5.89. The van der Waals surface area contributed by atoms with Gasteiger partial charge in [0.1, 0.15) is 17.3 Å². The van der Waals surface area contributed by atoms with Crippen molar-refractivity contribution in [2.24, 2.45) is 0 Å². The van der Waals surface area contributed by atoms with Crippen LogP contribution < -0.4 is 15.2 Å². The topological polar surface area (TPSA) is 61.5 Å². The summed E-state index contributed by atoms with van der Waals surface area (Å²) in [4.78, 5) is 12.6. The second-order valence-corrected chi connectivity index (χ2v) is 4.10. The van der Waals surface area contributed by atoms with Crippen LogP contribution in [0.4, 0.5) is 10.1 Å². The number of methoxy groups -OCH3 is 2. The van der Waals surface area contributed by atoms with Crippen molar-refractivity contribution >= 4 is 11.5 Å². The molecule has 0 aromatic heterocycles. The molecule has 0 radical (unpaired) electrons. The van der Waals surface area contributed by atoms with E-state index in [9.17, 15) is 9.18 Å². The lowest BCUT2D eigenvalue weighted by Crippen LogP contribution is -2.09. The zero-order valence-electron chi connectivity index (χ0n) is 11.1. The average Bonchev–Trinajstić information content (AvgIpc) is 2.46. The van der Waals surface area contributed by atoms with Gasteiger partial charge < -0.3 is 15.2 Å². The maximum atomic E-state index is 13.4. The number of anilines is 1. The molecule has 0 aliphatic rings. The van der Waals surface area contributed by atoms with Crippen LogP contribution in [0, 0.1) is 5.82 Å². The Morgan fingerprint density at radius 2 is 1.80 bits per heavy atom. The number of nitrogens with two attached hydrogens (primary N) is 1. The minimum absolute atomic E-state index is 0.101. The molecule has 2 N–H and O–H groups in total. The van der Waals surface area contributed by atoms with E-state index in [1.54, 1.807) is 18.2 Å². The van der Waals surface area contributed by atoms with E-state index in [2.05, 4.69) is 0 Å². The fourth-order valence-electron chi connectivity index (χ4n) is 1.95. The summed E-state index contributed by atoms with van der Waals surface area (Å²) in [6.45, 7) is 0. The molecule has 0 aliphatic heterocycles. The van der Waals surface area contributed by atoms with Crippen molar-refractivity contribution in [3.8, 4) is 11.5 Å². The van der Waals surface area contributed by atoms with Gasteiger partial charge in [0.25, 0.3) is 0 Å². The van der Waals surface area contributed by atoms with Gasteiger partial charge in [0.15, 0.2) is 0 Å². The number of ether oxygens (including phenoxy) is 2. The first kappa shape index (κ1) is 13.9. The summed E-state index contributed by atoms with van der Waals surface area (Å²) in [5.41, 5.74) is 6.39. The van der Waals surface area contributed by atoms with Crippen LogP contribution in [0.2, 0.25) is 0 Å². The highest BCUT2D eigenvalue weighted by atomic mass is 19.1. The van der Waals surface area contributed by atoms with Crippen LogP contribution in [0.25, 0.3) is 0 Å². The lowest BCUT2D eigenvalue weighted by atomic mass is 10.00. The summed E-state index contributed by atoms with van der Waals surface area (Å²) in [6, 6.07) is 8.62. The molecule has 0 aliphatic carbocycles. The number of carbonyl (C=O) groups excluding carboxylic acids is 1. The number of ketones is 1. The quantitative estimate of drug-likeness (QED) is 0.688. The van der Waals surface area contributed by atoms with Gasteiger partial charge in [-0.3, -0.25) is 4.79 Å². The van der Waals surface area contributed by atoms with E-state index >= 15 is 0 Å². The Kier molecular flexibility index (Phi) is 3.89. The molecule has 4 nitrogen and oxygen atoms in total. The summed E-state index contributed by atoms with van der Waals surface area (Å²) < 4.78 is 23.6. The molecule has 2 rings (SSSR count). The van der Waals surface area contributed by atoms with Gasteiger partial charge >= 0.3 is 0 Å². The highest BCUT2D eigenvalue weighted by molar-refractivity contribution is 6.15. The Labute approximate surface area is 115 Å². The van der Waals surface area contributed by atoms with Gasteiger partial charge in [-0.15, -0.1) is 0 Å². The van der Waals surface area contributed by atoms with Crippen molar-refractivity contribution in [2.75, 3.05) is 20.0 Å². The number of benzene rings is 2. The van der Waals surface area contributed by atoms with Crippen LogP contribution in [0.1, 0.15) is 15.9 Å². The number of hydrogen-bond donors (Lipinski definition) is 1. The third-order valence-electron chi connectivity index (χ3n) is 2.91. The van der Waals surface area contributed by atoms with E-state index < -0.39 is 11.6 Å². The zero-order valence-corrected chi connectivity index (χ0v) is 11.1. The van der Waals surface area contributed by atoms with Gasteiger partial charge in [0.2, 0.25) is 5.78 Å². The summed E-state index contributed by atoms with van der Waals surface area (Å²) in [5, 5.41) is 0. The van der Waals surface area contributed by atoms with Gasteiger partial charge in [-0.05, 0) is 30.3 Å². The molecule has 0 saturated heterocycles. The lowest BCUT2D eigenvalue weighted by Gasteiger charge is -2.12. The second kappa shape index (κ2) is 5.61. The molecular formula is C15H14FNO3. The lowest BCUT2D eigenvalue weighted by molar-refractivity contribution is 0.103. The van der Waals surface area contributed by atoms with Crippen LogP contribution in [0.15, 0.2) is 36.4 Å². The fourth-order valence-corrected chi connectivity index (χ4v) is 1.95. The predicted octanol–water partition coefficient (Wildman–Crippen LogP) is 2.66. The molecule has 2 aromatic rings. The third kappa shape index (κ3) is 2.42. The molecule has 0 amide bonds. The SMILES string of the molecule is COc1ccc(F)cc1C(=O)c1c(N)cccc1OC. The van der Waals surface area contributed by atoms with Crippen molar-refractivity contribution in [1.29, 1.82) is 0 Å². The molecule has 0 fully saturated rings. The maximum absolute atomic E-state index is 13.4. The maximum Gasteiger partial charge on any atom is 0.202 e. The molecule has 2 aromatic carbocycles. The summed E-state index contributed by atoms with van der Waals surface area (Å²) in [5.74, 6) is -0.359. The minimum atomic E-state index is -0.525. The molecule has 0 unspecified atom stereocenters. The van der Waals surface area contributed by atoms with Crippen LogP contribution in [-0.4, -0.2) is 20.0 Å². The highest BCUT2D eigenvalue weighted by Gasteiger charge is 2.21. The zero-order chi connectivity index (χ0) is 14.7. The van der Waals surface area contributed by atoms with E-state index in [1.165, 1.54) is 26.4 Å². The molecule has 0 spiro atoms. The number of rotatable bonds is 4. The van der Waals surface area contributed by atoms with E-state index in [0.29, 0.717) is 5.75 Å². The van der Waals surface area contributed by atoms with Crippen LogP contribution >= 0.6 is 0 Å². The van der Waals surface area contributed by atoms with Crippen molar-refractivity contribution < 1.29 is 18.7 Å². The monoisotopic (exact) mass is 275 g/mol. The van der Waals surface area contributed by atoms with Gasteiger partial charge in [-0.2, -0.15) is 0 Å². The van der Waals surface area contributed by atoms with Gasteiger partial charge in [-0.1, -0.05) is 6.07 Å². The van der Waals surface area contributed by atoms with E-state index in [4.69, 9.17) is 15.2 Å². The van der Waals surface area contributed by atoms with Crippen molar-refractivity contribution in [2.45, 2.75) is 0 Å². The summed E-state index contributed by atoms with van der Waals surface area (Å²) in [6.07, 6.45) is 0. The molecule has 0 atom stereocenters. The van der Waals surface area contributed by atoms with E-state index in [1.807, 2.05) is 0 Å². The Bertz CT molecular complexity index is 656. The average molecular weight is 275 g/mol. The first-order valence-electron chi connectivity index (χ1n) is 5.89. The van der Waals surface area contributed by atoms with Crippen molar-refractivity contribution in [3.05, 3.63) is 53.3 Å². The molecule has 0 bridgehead atoms.